The number of para-hydroxylation sites is 1. The molecule has 1 fully saturated rings. The second kappa shape index (κ2) is 8.39. The lowest BCUT2D eigenvalue weighted by Crippen LogP contribution is -2.46. The molecule has 6 nitrogen and oxygen atoms in total. The van der Waals surface area contributed by atoms with Crippen LogP contribution in [0.4, 0.5) is 28.4 Å². The molecule has 0 unspecified atom stereocenters. The average molecular weight is 489 g/mol. The Balaban J connectivity index is 1.43. The maximum absolute atomic E-state index is 13.9. The van der Waals surface area contributed by atoms with E-state index < -0.39 is 23.4 Å². The number of alkyl halides is 3. The van der Waals surface area contributed by atoms with Crippen LogP contribution in [0.5, 0.6) is 0 Å². The lowest BCUT2D eigenvalue weighted by atomic mass is 10.1. The van der Waals surface area contributed by atoms with Crippen LogP contribution in [0.25, 0.3) is 10.2 Å². The first kappa shape index (κ1) is 22.3. The van der Waals surface area contributed by atoms with Crippen molar-refractivity contribution in [1.29, 1.82) is 0 Å². The van der Waals surface area contributed by atoms with E-state index in [9.17, 15) is 22.4 Å². The number of hydrazone groups is 1. The molecule has 2 aliphatic heterocycles. The number of halogens is 4. The summed E-state index contributed by atoms with van der Waals surface area (Å²) in [5.74, 6) is -1.18. The fourth-order valence-corrected chi connectivity index (χ4v) is 5.03. The summed E-state index contributed by atoms with van der Waals surface area (Å²) in [6, 6.07) is 13.2. The fraction of sp³-hybridized carbons (Fsp3) is 0.261. The summed E-state index contributed by atoms with van der Waals surface area (Å²) >= 11 is 1.11. The summed E-state index contributed by atoms with van der Waals surface area (Å²) in [6.07, 6.45) is -4.80. The first-order valence-electron chi connectivity index (χ1n) is 10.5. The second-order valence-electron chi connectivity index (χ2n) is 7.94. The highest BCUT2D eigenvalue weighted by atomic mass is 32.1. The SMILES string of the molecule is CC(=C1C(=O)N(c2nc3ccccc3s2)N=C1C(F)(F)F)N1CCN(c2ccc(F)cc2)CC1. The molecule has 5 rings (SSSR count). The Morgan fingerprint density at radius 3 is 2.32 bits per heavy atom. The van der Waals surface area contributed by atoms with Gasteiger partial charge in [0.2, 0.25) is 5.13 Å². The van der Waals surface area contributed by atoms with Crippen LogP contribution >= 0.6 is 11.3 Å². The maximum atomic E-state index is 13.9. The average Bonchev–Trinajstić information content (AvgIpc) is 3.40. The molecule has 34 heavy (non-hydrogen) atoms. The Labute approximate surface area is 196 Å². The standard InChI is InChI=1S/C23H19F4N5OS/c1-14(30-10-12-31(13-11-30)16-8-6-15(24)7-9-16)19-20(23(25,26)27)29-32(21(19)33)22-28-17-4-2-3-5-18(17)34-22/h2-9H,10-13H2,1H3. The molecule has 3 aromatic rings. The molecule has 0 bridgehead atoms. The van der Waals surface area contributed by atoms with Crippen molar-refractivity contribution in [3.05, 3.63) is 65.6 Å². The van der Waals surface area contributed by atoms with E-state index in [1.54, 1.807) is 41.3 Å². The molecule has 1 saturated heterocycles. The number of rotatable bonds is 3. The van der Waals surface area contributed by atoms with Gasteiger partial charge in [-0.05, 0) is 43.3 Å². The molecule has 0 aliphatic carbocycles. The highest BCUT2D eigenvalue weighted by molar-refractivity contribution is 7.22. The molecule has 0 atom stereocenters. The minimum absolute atomic E-state index is 0.0943. The summed E-state index contributed by atoms with van der Waals surface area (Å²) in [7, 11) is 0. The van der Waals surface area contributed by atoms with Crippen molar-refractivity contribution in [2.24, 2.45) is 5.10 Å². The summed E-state index contributed by atoms with van der Waals surface area (Å²) in [5, 5.41) is 4.51. The summed E-state index contributed by atoms with van der Waals surface area (Å²) in [4.78, 5) is 21.3. The van der Waals surface area contributed by atoms with Crippen molar-refractivity contribution >= 4 is 44.0 Å². The van der Waals surface area contributed by atoms with E-state index in [-0.39, 0.29) is 16.6 Å². The summed E-state index contributed by atoms with van der Waals surface area (Å²) in [6.45, 7) is 3.37. The topological polar surface area (TPSA) is 52.0 Å². The van der Waals surface area contributed by atoms with Crippen LogP contribution < -0.4 is 9.91 Å². The van der Waals surface area contributed by atoms with Gasteiger partial charge in [0.25, 0.3) is 5.91 Å². The number of nitrogens with zero attached hydrogens (tertiary/aromatic N) is 5. The zero-order chi connectivity index (χ0) is 24.0. The number of piperazine rings is 1. The van der Waals surface area contributed by atoms with Crippen LogP contribution in [0, 0.1) is 5.82 Å². The van der Waals surface area contributed by atoms with Gasteiger partial charge < -0.3 is 9.80 Å². The third-order valence-corrected chi connectivity index (χ3v) is 6.89. The maximum Gasteiger partial charge on any atom is 0.436 e. The molecule has 2 aromatic carbocycles. The first-order valence-corrected chi connectivity index (χ1v) is 11.4. The van der Waals surface area contributed by atoms with Gasteiger partial charge >= 0.3 is 6.18 Å². The van der Waals surface area contributed by atoms with E-state index in [1.165, 1.54) is 19.1 Å². The third-order valence-electron chi connectivity index (χ3n) is 5.88. The predicted molar refractivity (Wildman–Crippen MR) is 123 cm³/mol. The van der Waals surface area contributed by atoms with E-state index in [4.69, 9.17) is 0 Å². The molecule has 176 valence electrons. The van der Waals surface area contributed by atoms with Crippen molar-refractivity contribution in [1.82, 2.24) is 9.88 Å². The molecular weight excluding hydrogens is 470 g/mol. The lowest BCUT2D eigenvalue weighted by molar-refractivity contribution is -0.114. The van der Waals surface area contributed by atoms with E-state index in [0.717, 1.165) is 26.7 Å². The van der Waals surface area contributed by atoms with E-state index in [2.05, 4.69) is 10.1 Å². The molecule has 1 aromatic heterocycles. The van der Waals surface area contributed by atoms with Gasteiger partial charge in [-0.2, -0.15) is 23.3 Å². The Hall–Kier alpha value is -3.47. The van der Waals surface area contributed by atoms with E-state index in [0.29, 0.717) is 31.7 Å². The van der Waals surface area contributed by atoms with Gasteiger partial charge in [-0.1, -0.05) is 23.5 Å². The number of carbonyl (C=O) groups excluding carboxylic acids is 1. The fourth-order valence-electron chi connectivity index (χ4n) is 4.12. The van der Waals surface area contributed by atoms with Crippen molar-refractivity contribution in [2.45, 2.75) is 13.1 Å². The highest BCUT2D eigenvalue weighted by Gasteiger charge is 2.49. The van der Waals surface area contributed by atoms with Gasteiger partial charge in [0.05, 0.1) is 15.8 Å². The molecule has 2 aliphatic rings. The molecule has 0 N–H and O–H groups in total. The smallest absolute Gasteiger partial charge is 0.371 e. The monoisotopic (exact) mass is 489 g/mol. The number of aromatic nitrogens is 1. The highest BCUT2D eigenvalue weighted by Crippen LogP contribution is 2.37. The van der Waals surface area contributed by atoms with Crippen LogP contribution in [-0.2, 0) is 4.79 Å². The number of thiazole rings is 1. The number of fused-ring (bicyclic) bond motifs is 1. The normalized spacial score (nSPS) is 18.7. The minimum atomic E-state index is -4.80. The van der Waals surface area contributed by atoms with Gasteiger partial charge in [0.15, 0.2) is 5.71 Å². The number of allylic oxidation sites excluding steroid dienone is 1. The van der Waals surface area contributed by atoms with Gasteiger partial charge in [-0.25, -0.2) is 9.37 Å². The van der Waals surface area contributed by atoms with Crippen LogP contribution in [-0.4, -0.2) is 53.9 Å². The van der Waals surface area contributed by atoms with E-state index in [1.807, 2.05) is 4.90 Å². The number of anilines is 2. The second-order valence-corrected chi connectivity index (χ2v) is 8.95. The molecular formula is C23H19F4N5OS. The van der Waals surface area contributed by atoms with Crippen LogP contribution in [0.2, 0.25) is 0 Å². The zero-order valence-corrected chi connectivity index (χ0v) is 18.8. The number of hydrogen-bond acceptors (Lipinski definition) is 6. The van der Waals surface area contributed by atoms with Crippen molar-refractivity contribution in [3.63, 3.8) is 0 Å². The molecule has 0 spiro atoms. The molecule has 0 saturated carbocycles. The predicted octanol–water partition coefficient (Wildman–Crippen LogP) is 4.80. The Morgan fingerprint density at radius 2 is 1.68 bits per heavy atom. The van der Waals surface area contributed by atoms with Gasteiger partial charge in [0.1, 0.15) is 5.82 Å². The van der Waals surface area contributed by atoms with Gasteiger partial charge in [0, 0.05) is 37.6 Å². The van der Waals surface area contributed by atoms with Crippen molar-refractivity contribution in [2.75, 3.05) is 36.1 Å². The largest absolute Gasteiger partial charge is 0.436 e. The zero-order valence-electron chi connectivity index (χ0n) is 18.0. The minimum Gasteiger partial charge on any atom is -0.371 e. The van der Waals surface area contributed by atoms with Crippen LogP contribution in [0.3, 0.4) is 0 Å². The Bertz CT molecular complexity index is 1270. The molecule has 11 heteroatoms. The quantitative estimate of drug-likeness (QED) is 0.392. The number of carbonyl (C=O) groups is 1. The number of amides is 1. The Kier molecular flexibility index (Phi) is 5.51. The third kappa shape index (κ3) is 4.00. The molecule has 1 amide bonds. The van der Waals surface area contributed by atoms with E-state index >= 15 is 0 Å². The van der Waals surface area contributed by atoms with Crippen molar-refractivity contribution < 1.29 is 22.4 Å². The van der Waals surface area contributed by atoms with Crippen LogP contribution in [0.1, 0.15) is 6.92 Å². The summed E-state index contributed by atoms with van der Waals surface area (Å²) in [5.41, 5.74) is -0.0198. The van der Waals surface area contributed by atoms with Gasteiger partial charge in [-0.15, -0.1) is 0 Å². The first-order chi connectivity index (χ1) is 16.2. The lowest BCUT2D eigenvalue weighted by Gasteiger charge is -2.38. The molecule has 3 heterocycles. The van der Waals surface area contributed by atoms with Crippen molar-refractivity contribution in [3.8, 4) is 0 Å². The van der Waals surface area contributed by atoms with Gasteiger partial charge in [-0.3, -0.25) is 4.79 Å². The number of hydrogen-bond donors (Lipinski definition) is 0. The van der Waals surface area contributed by atoms with Crippen LogP contribution in [0.15, 0.2) is 64.9 Å². The molecule has 0 radical (unpaired) electrons. The summed E-state index contributed by atoms with van der Waals surface area (Å²) < 4.78 is 55.7. The Morgan fingerprint density at radius 1 is 1.00 bits per heavy atom. The number of benzene rings is 2.